The Bertz CT molecular complexity index is 393. The third kappa shape index (κ3) is 6.62. The first-order chi connectivity index (χ1) is 10.1. The zero-order chi connectivity index (χ0) is 15.1. The standard InChI is InChI=1S/C19H32N2/c1-15(2)21-14-16(3)18-9-7-17(8-10-18)6-4-5-13-20-19-11-12-19/h7-10,15-16,19-21H,4-6,11-14H2,1-3H3. The molecular weight excluding hydrogens is 256 g/mol. The lowest BCUT2D eigenvalue weighted by molar-refractivity contribution is 0.548. The Morgan fingerprint density at radius 1 is 1.05 bits per heavy atom. The van der Waals surface area contributed by atoms with Gasteiger partial charge in [0.2, 0.25) is 0 Å². The highest BCUT2D eigenvalue weighted by Crippen LogP contribution is 2.19. The Labute approximate surface area is 130 Å². The van der Waals surface area contributed by atoms with Crippen molar-refractivity contribution < 1.29 is 0 Å². The molecule has 2 heteroatoms. The number of hydrogen-bond acceptors (Lipinski definition) is 2. The van der Waals surface area contributed by atoms with Crippen molar-refractivity contribution in [3.63, 3.8) is 0 Å². The smallest absolute Gasteiger partial charge is 0.00682 e. The summed E-state index contributed by atoms with van der Waals surface area (Å²) < 4.78 is 0. The van der Waals surface area contributed by atoms with Crippen molar-refractivity contribution in [2.45, 2.75) is 70.9 Å². The quantitative estimate of drug-likeness (QED) is 0.639. The molecule has 0 radical (unpaired) electrons. The van der Waals surface area contributed by atoms with Gasteiger partial charge in [0.15, 0.2) is 0 Å². The summed E-state index contributed by atoms with van der Waals surface area (Å²) in [6.07, 6.45) is 6.60. The lowest BCUT2D eigenvalue weighted by Gasteiger charge is -2.15. The van der Waals surface area contributed by atoms with E-state index in [1.807, 2.05) is 0 Å². The fourth-order valence-corrected chi connectivity index (χ4v) is 2.59. The number of hydrogen-bond donors (Lipinski definition) is 2. The van der Waals surface area contributed by atoms with Crippen LogP contribution in [0.2, 0.25) is 0 Å². The van der Waals surface area contributed by atoms with Gasteiger partial charge in [-0.25, -0.2) is 0 Å². The highest BCUT2D eigenvalue weighted by Gasteiger charge is 2.19. The zero-order valence-electron chi connectivity index (χ0n) is 14.0. The second-order valence-electron chi connectivity index (χ2n) is 6.89. The van der Waals surface area contributed by atoms with Crippen molar-refractivity contribution in [3.8, 4) is 0 Å². The van der Waals surface area contributed by atoms with Gasteiger partial charge in [0.25, 0.3) is 0 Å². The highest BCUT2D eigenvalue weighted by molar-refractivity contribution is 5.25. The van der Waals surface area contributed by atoms with Crippen molar-refractivity contribution in [2.75, 3.05) is 13.1 Å². The second kappa shape index (κ2) is 8.55. The van der Waals surface area contributed by atoms with E-state index in [-0.39, 0.29) is 0 Å². The third-order valence-electron chi connectivity index (χ3n) is 4.28. The van der Waals surface area contributed by atoms with Gasteiger partial charge in [-0.1, -0.05) is 45.0 Å². The molecule has 0 amide bonds. The number of rotatable bonds is 10. The van der Waals surface area contributed by atoms with E-state index in [2.05, 4.69) is 55.7 Å². The van der Waals surface area contributed by atoms with Gasteiger partial charge in [-0.3, -0.25) is 0 Å². The topological polar surface area (TPSA) is 24.1 Å². The molecule has 1 aliphatic rings. The predicted octanol–water partition coefficient (Wildman–Crippen LogP) is 3.86. The Balaban J connectivity index is 1.65. The molecule has 1 fully saturated rings. The Morgan fingerprint density at radius 3 is 2.38 bits per heavy atom. The van der Waals surface area contributed by atoms with Gasteiger partial charge >= 0.3 is 0 Å². The number of nitrogens with one attached hydrogen (secondary N) is 2. The van der Waals surface area contributed by atoms with Crippen molar-refractivity contribution in [1.82, 2.24) is 10.6 Å². The molecule has 2 nitrogen and oxygen atoms in total. The second-order valence-corrected chi connectivity index (χ2v) is 6.89. The molecule has 1 aromatic carbocycles. The molecule has 2 N–H and O–H groups in total. The highest BCUT2D eigenvalue weighted by atomic mass is 14.9. The zero-order valence-corrected chi connectivity index (χ0v) is 14.0. The molecule has 0 saturated heterocycles. The number of benzene rings is 1. The summed E-state index contributed by atoms with van der Waals surface area (Å²) in [5.41, 5.74) is 2.93. The minimum absolute atomic E-state index is 0.566. The van der Waals surface area contributed by atoms with Gasteiger partial charge in [-0.2, -0.15) is 0 Å². The van der Waals surface area contributed by atoms with Gasteiger partial charge in [-0.15, -0.1) is 0 Å². The first-order valence-electron chi connectivity index (χ1n) is 8.70. The van der Waals surface area contributed by atoms with E-state index < -0.39 is 0 Å². The summed E-state index contributed by atoms with van der Waals surface area (Å²) in [4.78, 5) is 0. The summed E-state index contributed by atoms with van der Waals surface area (Å²) >= 11 is 0. The first kappa shape index (κ1) is 16.5. The summed E-state index contributed by atoms with van der Waals surface area (Å²) in [6, 6.07) is 10.7. The maximum atomic E-state index is 3.58. The summed E-state index contributed by atoms with van der Waals surface area (Å²) in [7, 11) is 0. The molecular formula is C19H32N2. The average Bonchev–Trinajstić information content (AvgIpc) is 3.29. The molecule has 1 unspecified atom stereocenters. The summed E-state index contributed by atoms with van der Waals surface area (Å²) in [5, 5.41) is 7.10. The SMILES string of the molecule is CC(C)NCC(C)c1ccc(CCCCNC2CC2)cc1. The van der Waals surface area contributed by atoms with E-state index in [0.29, 0.717) is 12.0 Å². The van der Waals surface area contributed by atoms with Crippen LogP contribution >= 0.6 is 0 Å². The molecule has 2 rings (SSSR count). The molecule has 1 aromatic rings. The molecule has 0 heterocycles. The van der Waals surface area contributed by atoms with Crippen LogP contribution in [0, 0.1) is 0 Å². The minimum atomic E-state index is 0.566. The van der Waals surface area contributed by atoms with Crippen LogP contribution in [0.25, 0.3) is 0 Å². The maximum absolute atomic E-state index is 3.58. The van der Waals surface area contributed by atoms with Crippen LogP contribution in [0.3, 0.4) is 0 Å². The van der Waals surface area contributed by atoms with Crippen LogP contribution in [0.15, 0.2) is 24.3 Å². The Kier molecular flexibility index (Phi) is 6.72. The minimum Gasteiger partial charge on any atom is -0.314 e. The van der Waals surface area contributed by atoms with Gasteiger partial charge in [-0.05, 0) is 55.7 Å². The van der Waals surface area contributed by atoms with Crippen LogP contribution in [0.1, 0.15) is 63.5 Å². The van der Waals surface area contributed by atoms with Crippen LogP contribution < -0.4 is 10.6 Å². The fourth-order valence-electron chi connectivity index (χ4n) is 2.59. The van der Waals surface area contributed by atoms with Gasteiger partial charge in [0, 0.05) is 18.6 Å². The summed E-state index contributed by atoms with van der Waals surface area (Å²) in [5.74, 6) is 0.587. The lowest BCUT2D eigenvalue weighted by atomic mass is 9.98. The van der Waals surface area contributed by atoms with Gasteiger partial charge in [0.1, 0.15) is 0 Å². The van der Waals surface area contributed by atoms with Crippen LogP contribution in [-0.4, -0.2) is 25.2 Å². The molecule has 0 bridgehead atoms. The largest absolute Gasteiger partial charge is 0.314 e. The summed E-state index contributed by atoms with van der Waals surface area (Å²) in [6.45, 7) is 8.96. The van der Waals surface area contributed by atoms with E-state index in [0.717, 1.165) is 12.6 Å². The van der Waals surface area contributed by atoms with E-state index in [4.69, 9.17) is 0 Å². The molecule has 1 saturated carbocycles. The molecule has 0 aliphatic heterocycles. The van der Waals surface area contributed by atoms with Crippen LogP contribution in [-0.2, 0) is 6.42 Å². The monoisotopic (exact) mass is 288 g/mol. The van der Waals surface area contributed by atoms with E-state index in [9.17, 15) is 0 Å². The van der Waals surface area contributed by atoms with Gasteiger partial charge < -0.3 is 10.6 Å². The first-order valence-corrected chi connectivity index (χ1v) is 8.70. The predicted molar refractivity (Wildman–Crippen MR) is 92.0 cm³/mol. The van der Waals surface area contributed by atoms with Crippen molar-refractivity contribution in [1.29, 1.82) is 0 Å². The molecule has 0 aromatic heterocycles. The van der Waals surface area contributed by atoms with Crippen molar-refractivity contribution in [3.05, 3.63) is 35.4 Å². The number of aryl methyl sites for hydroxylation is 1. The molecule has 0 spiro atoms. The molecule has 118 valence electrons. The fraction of sp³-hybridized carbons (Fsp3) is 0.684. The molecule has 1 atom stereocenters. The molecule has 21 heavy (non-hydrogen) atoms. The van der Waals surface area contributed by atoms with E-state index >= 15 is 0 Å². The van der Waals surface area contributed by atoms with Crippen LogP contribution in [0.5, 0.6) is 0 Å². The lowest BCUT2D eigenvalue weighted by Crippen LogP contribution is -2.26. The van der Waals surface area contributed by atoms with E-state index in [1.165, 1.54) is 49.8 Å². The normalized spacial score (nSPS) is 16.4. The Morgan fingerprint density at radius 2 is 1.76 bits per heavy atom. The number of unbranched alkanes of at least 4 members (excludes halogenated alkanes) is 1. The average molecular weight is 288 g/mol. The maximum Gasteiger partial charge on any atom is 0.00682 e. The van der Waals surface area contributed by atoms with Crippen LogP contribution in [0.4, 0.5) is 0 Å². The Hall–Kier alpha value is -0.860. The molecule has 1 aliphatic carbocycles. The van der Waals surface area contributed by atoms with E-state index in [1.54, 1.807) is 0 Å². The van der Waals surface area contributed by atoms with Crippen molar-refractivity contribution >= 4 is 0 Å². The third-order valence-corrected chi connectivity index (χ3v) is 4.28. The van der Waals surface area contributed by atoms with Crippen molar-refractivity contribution in [2.24, 2.45) is 0 Å². The van der Waals surface area contributed by atoms with Gasteiger partial charge in [0.05, 0.1) is 0 Å².